The summed E-state index contributed by atoms with van der Waals surface area (Å²) in [4.78, 5) is 23.5. The number of hydrazone groups is 2. The summed E-state index contributed by atoms with van der Waals surface area (Å²) in [5.74, 6) is 0. The highest BCUT2D eigenvalue weighted by atomic mass is 16.2. The molecule has 0 aliphatic heterocycles. The van der Waals surface area contributed by atoms with Crippen LogP contribution >= 0.6 is 0 Å². The van der Waals surface area contributed by atoms with Gasteiger partial charge in [-0.2, -0.15) is 10.2 Å². The molecule has 6 N–H and O–H groups in total. The van der Waals surface area contributed by atoms with Gasteiger partial charge in [-0.05, 0) is 47.5 Å². The molecular formula is C22H21N7O2. The second-order valence-electron chi connectivity index (χ2n) is 6.32. The van der Waals surface area contributed by atoms with Crippen LogP contribution in [0.25, 0.3) is 0 Å². The van der Waals surface area contributed by atoms with Crippen LogP contribution < -0.4 is 27.2 Å². The van der Waals surface area contributed by atoms with Crippen LogP contribution in [-0.4, -0.2) is 24.5 Å². The fourth-order valence-corrected chi connectivity index (χ4v) is 2.78. The van der Waals surface area contributed by atoms with Gasteiger partial charge in [0.05, 0.1) is 12.4 Å². The molecule has 0 spiro atoms. The number of urea groups is 2. The smallest absolute Gasteiger partial charge is 0.332 e. The molecule has 0 aliphatic carbocycles. The summed E-state index contributed by atoms with van der Waals surface area (Å²) < 4.78 is 0. The average Bonchev–Trinajstić information content (AvgIpc) is 2.76. The Bertz CT molecular complexity index is 1010. The van der Waals surface area contributed by atoms with Crippen molar-refractivity contribution in [2.24, 2.45) is 21.7 Å². The predicted molar refractivity (Wildman–Crippen MR) is 122 cm³/mol. The van der Waals surface area contributed by atoms with Gasteiger partial charge in [0, 0.05) is 17.1 Å². The Kier molecular flexibility index (Phi) is 6.94. The number of benzene rings is 3. The molecule has 156 valence electrons. The third kappa shape index (κ3) is 6.16. The lowest BCUT2D eigenvalue weighted by Gasteiger charge is -2.25. The van der Waals surface area contributed by atoms with E-state index < -0.39 is 12.1 Å². The molecule has 0 aliphatic rings. The van der Waals surface area contributed by atoms with Gasteiger partial charge in [0.15, 0.2) is 0 Å². The van der Waals surface area contributed by atoms with Crippen molar-refractivity contribution in [3.63, 3.8) is 0 Å². The monoisotopic (exact) mass is 415 g/mol. The number of nitrogens with one attached hydrogen (secondary N) is 2. The van der Waals surface area contributed by atoms with Gasteiger partial charge in [-0.15, -0.1) is 0 Å². The molecule has 3 rings (SSSR count). The zero-order valence-electron chi connectivity index (χ0n) is 16.5. The van der Waals surface area contributed by atoms with Gasteiger partial charge in [-0.1, -0.05) is 42.5 Å². The lowest BCUT2D eigenvalue weighted by Crippen LogP contribution is -2.24. The lowest BCUT2D eigenvalue weighted by molar-refractivity contribution is 0.248. The Morgan fingerprint density at radius 1 is 0.645 bits per heavy atom. The summed E-state index contributed by atoms with van der Waals surface area (Å²) in [6, 6.07) is 23.8. The molecule has 0 atom stereocenters. The molecule has 0 saturated heterocycles. The lowest BCUT2D eigenvalue weighted by atomic mass is 10.1. The number of hydrogen-bond donors (Lipinski definition) is 4. The summed E-state index contributed by atoms with van der Waals surface area (Å²) in [5, 5.41) is 7.53. The van der Waals surface area contributed by atoms with E-state index in [2.05, 4.69) is 26.0 Å². The molecule has 0 aromatic heterocycles. The minimum Gasteiger partial charge on any atom is -0.350 e. The molecule has 0 radical (unpaired) electrons. The van der Waals surface area contributed by atoms with Gasteiger partial charge < -0.3 is 16.4 Å². The molecule has 0 heterocycles. The van der Waals surface area contributed by atoms with E-state index in [0.717, 1.165) is 28.2 Å². The SMILES string of the molecule is NC(=O)N/N=C/c1ccc(N(c2ccccc2)c2ccc(/C=N/NC(N)=O)cc2)cc1. The highest BCUT2D eigenvalue weighted by molar-refractivity contribution is 5.85. The second kappa shape index (κ2) is 10.2. The maximum absolute atomic E-state index is 10.7. The van der Waals surface area contributed by atoms with E-state index in [-0.39, 0.29) is 0 Å². The van der Waals surface area contributed by atoms with Gasteiger partial charge in [0.1, 0.15) is 0 Å². The second-order valence-corrected chi connectivity index (χ2v) is 6.32. The van der Waals surface area contributed by atoms with Crippen molar-refractivity contribution in [3.05, 3.63) is 90.0 Å². The Morgan fingerprint density at radius 3 is 1.42 bits per heavy atom. The number of hydrogen-bond acceptors (Lipinski definition) is 5. The molecule has 0 unspecified atom stereocenters. The molecule has 3 aromatic rings. The number of rotatable bonds is 7. The standard InChI is InChI=1S/C22H21N7O2/c23-21(30)27-25-14-16-6-10-19(11-7-16)29(18-4-2-1-3-5-18)20-12-8-17(9-13-20)15-26-28-22(24)31/h1-15H,(H3,23,27,30)(H3,24,28,31)/b25-14+,26-15+. The number of nitrogens with two attached hydrogens (primary N) is 2. The summed E-state index contributed by atoms with van der Waals surface area (Å²) in [6.07, 6.45) is 3.02. The van der Waals surface area contributed by atoms with E-state index in [1.165, 1.54) is 12.4 Å². The summed E-state index contributed by atoms with van der Waals surface area (Å²) in [6.45, 7) is 0. The van der Waals surface area contributed by atoms with E-state index in [1.807, 2.05) is 78.9 Å². The topological polar surface area (TPSA) is 138 Å². The predicted octanol–water partition coefficient (Wildman–Crippen LogP) is 3.16. The van der Waals surface area contributed by atoms with Crippen molar-refractivity contribution in [1.29, 1.82) is 0 Å². The van der Waals surface area contributed by atoms with Crippen molar-refractivity contribution in [2.75, 3.05) is 4.90 Å². The number of anilines is 3. The third-order valence-corrected chi connectivity index (χ3v) is 4.09. The Balaban J connectivity index is 1.88. The zero-order valence-corrected chi connectivity index (χ0v) is 16.5. The number of amides is 4. The Hall–Kier alpha value is -4.66. The van der Waals surface area contributed by atoms with Crippen LogP contribution in [0.2, 0.25) is 0 Å². The largest absolute Gasteiger partial charge is 0.350 e. The van der Waals surface area contributed by atoms with E-state index in [4.69, 9.17) is 11.5 Å². The summed E-state index contributed by atoms with van der Waals surface area (Å²) in [7, 11) is 0. The first-order valence-corrected chi connectivity index (χ1v) is 9.25. The van der Waals surface area contributed by atoms with Crippen molar-refractivity contribution in [3.8, 4) is 0 Å². The Labute approximate surface area is 179 Å². The quantitative estimate of drug-likeness (QED) is 0.348. The van der Waals surface area contributed by atoms with E-state index in [0.29, 0.717) is 0 Å². The molecule has 0 saturated carbocycles. The third-order valence-electron chi connectivity index (χ3n) is 4.09. The van der Waals surface area contributed by atoms with Crippen molar-refractivity contribution in [2.45, 2.75) is 0 Å². The van der Waals surface area contributed by atoms with Gasteiger partial charge >= 0.3 is 12.1 Å². The zero-order chi connectivity index (χ0) is 22.1. The van der Waals surface area contributed by atoms with Crippen LogP contribution in [0.1, 0.15) is 11.1 Å². The van der Waals surface area contributed by atoms with Crippen LogP contribution in [0.5, 0.6) is 0 Å². The molecule has 0 fully saturated rings. The summed E-state index contributed by atoms with van der Waals surface area (Å²) in [5.41, 5.74) is 18.8. The Morgan fingerprint density at radius 2 is 1.03 bits per heavy atom. The van der Waals surface area contributed by atoms with Crippen molar-refractivity contribution >= 4 is 41.6 Å². The number of nitrogens with zero attached hydrogens (tertiary/aromatic N) is 3. The van der Waals surface area contributed by atoms with Crippen LogP contribution in [0.4, 0.5) is 26.7 Å². The molecular weight excluding hydrogens is 394 g/mol. The normalized spacial score (nSPS) is 10.8. The van der Waals surface area contributed by atoms with Crippen molar-refractivity contribution < 1.29 is 9.59 Å². The van der Waals surface area contributed by atoms with E-state index in [1.54, 1.807) is 0 Å². The minimum atomic E-state index is -0.720. The van der Waals surface area contributed by atoms with Crippen LogP contribution in [0.3, 0.4) is 0 Å². The highest BCUT2D eigenvalue weighted by Crippen LogP contribution is 2.34. The van der Waals surface area contributed by atoms with Crippen LogP contribution in [-0.2, 0) is 0 Å². The van der Waals surface area contributed by atoms with Gasteiger partial charge in [0.25, 0.3) is 0 Å². The maximum atomic E-state index is 10.7. The molecule has 0 bridgehead atoms. The molecule has 3 aromatic carbocycles. The fourth-order valence-electron chi connectivity index (χ4n) is 2.78. The van der Waals surface area contributed by atoms with Gasteiger partial charge in [-0.3, -0.25) is 0 Å². The first-order valence-electron chi connectivity index (χ1n) is 9.25. The molecule has 9 nitrogen and oxygen atoms in total. The van der Waals surface area contributed by atoms with Gasteiger partial charge in [-0.25, -0.2) is 20.4 Å². The van der Waals surface area contributed by atoms with Crippen LogP contribution in [0.15, 0.2) is 89.1 Å². The average molecular weight is 415 g/mol. The number of carbonyl (C=O) groups excluding carboxylic acids is 2. The molecule has 4 amide bonds. The number of primary amides is 2. The van der Waals surface area contributed by atoms with E-state index in [9.17, 15) is 9.59 Å². The van der Waals surface area contributed by atoms with Gasteiger partial charge in [0.2, 0.25) is 0 Å². The summed E-state index contributed by atoms with van der Waals surface area (Å²) >= 11 is 0. The highest BCUT2D eigenvalue weighted by Gasteiger charge is 2.11. The van der Waals surface area contributed by atoms with E-state index >= 15 is 0 Å². The number of carbonyl (C=O) groups is 2. The fraction of sp³-hybridized carbons (Fsp3) is 0. The first-order chi connectivity index (χ1) is 15.0. The van der Waals surface area contributed by atoms with Crippen LogP contribution in [0, 0.1) is 0 Å². The van der Waals surface area contributed by atoms with Crippen molar-refractivity contribution in [1.82, 2.24) is 10.9 Å². The number of para-hydroxylation sites is 1. The minimum absolute atomic E-state index is 0.720. The first kappa shape index (κ1) is 21.1. The molecule has 31 heavy (non-hydrogen) atoms. The molecule has 9 heteroatoms. The maximum Gasteiger partial charge on any atom is 0.332 e.